The number of anilines is 1. The van der Waals surface area contributed by atoms with Crippen LogP contribution in [0.3, 0.4) is 0 Å². The van der Waals surface area contributed by atoms with Crippen molar-refractivity contribution in [1.29, 1.82) is 0 Å². The molecule has 22 heavy (non-hydrogen) atoms. The van der Waals surface area contributed by atoms with Crippen molar-refractivity contribution in [2.75, 3.05) is 38.3 Å². The molecule has 0 bridgehead atoms. The van der Waals surface area contributed by atoms with Crippen LogP contribution in [-0.4, -0.2) is 71.7 Å². The first-order valence-corrected chi connectivity index (χ1v) is 8.30. The van der Waals surface area contributed by atoms with Crippen LogP contribution in [0.5, 0.6) is 0 Å². The molecule has 2 fully saturated rings. The Kier molecular flexibility index (Phi) is 3.76. The highest BCUT2D eigenvalue weighted by Gasteiger charge is 2.39. The second kappa shape index (κ2) is 5.76. The molecule has 2 aliphatic heterocycles. The molecule has 0 saturated carbocycles. The predicted molar refractivity (Wildman–Crippen MR) is 83.1 cm³/mol. The molecule has 3 aliphatic rings. The van der Waals surface area contributed by atoms with Crippen molar-refractivity contribution in [3.63, 3.8) is 0 Å². The maximum absolute atomic E-state index is 9.94. The van der Waals surface area contributed by atoms with E-state index in [1.54, 1.807) is 0 Å². The fourth-order valence-electron chi connectivity index (χ4n) is 3.72. The number of fused-ring (bicyclic) bond motifs is 1. The van der Waals surface area contributed by atoms with Crippen LogP contribution in [0.2, 0.25) is 0 Å². The van der Waals surface area contributed by atoms with E-state index in [1.807, 2.05) is 0 Å². The van der Waals surface area contributed by atoms with Gasteiger partial charge in [0.2, 0.25) is 0 Å². The molecule has 1 aromatic rings. The average molecular weight is 304 g/mol. The second-order valence-electron chi connectivity index (χ2n) is 6.78. The predicted octanol–water partition coefficient (Wildman–Crippen LogP) is 0.236. The standard InChI is InChI=1S/C16H24N4O2/c1-19(14-9-22-10-15(14)21)12-7-20(8-12)16-6-11-4-2-3-5-13(11)17-18-16/h6,12,14-15,21H,2-5,7-10H2,1H3. The number of ether oxygens (including phenoxy) is 1. The first kappa shape index (κ1) is 14.4. The number of likely N-dealkylation sites (N-methyl/N-ethyl adjacent to an activating group) is 1. The molecule has 1 N–H and O–H groups in total. The van der Waals surface area contributed by atoms with Gasteiger partial charge in [-0.25, -0.2) is 0 Å². The SMILES string of the molecule is CN(C1CN(c2cc3c(nn2)CCCC3)C1)C1COCC1O. The largest absolute Gasteiger partial charge is 0.389 e. The van der Waals surface area contributed by atoms with E-state index in [1.165, 1.54) is 24.1 Å². The van der Waals surface area contributed by atoms with Crippen LogP contribution in [0.25, 0.3) is 0 Å². The minimum atomic E-state index is -0.359. The minimum absolute atomic E-state index is 0.127. The lowest BCUT2D eigenvalue weighted by Gasteiger charge is -2.46. The highest BCUT2D eigenvalue weighted by atomic mass is 16.5. The van der Waals surface area contributed by atoms with Crippen molar-refractivity contribution in [2.45, 2.75) is 43.9 Å². The molecule has 0 amide bonds. The smallest absolute Gasteiger partial charge is 0.151 e. The molecule has 2 unspecified atom stereocenters. The zero-order chi connectivity index (χ0) is 15.1. The van der Waals surface area contributed by atoms with E-state index in [2.05, 4.69) is 33.1 Å². The number of aromatic nitrogens is 2. The van der Waals surface area contributed by atoms with Gasteiger partial charge in [0.05, 0.1) is 31.1 Å². The highest BCUT2D eigenvalue weighted by Crippen LogP contribution is 2.27. The summed E-state index contributed by atoms with van der Waals surface area (Å²) in [6.45, 7) is 2.99. The maximum Gasteiger partial charge on any atom is 0.151 e. The molecular weight excluding hydrogens is 280 g/mol. The summed E-state index contributed by atoms with van der Waals surface area (Å²) in [5.41, 5.74) is 2.57. The maximum atomic E-state index is 9.94. The number of rotatable bonds is 3. The summed E-state index contributed by atoms with van der Waals surface area (Å²) in [7, 11) is 2.09. The first-order chi connectivity index (χ1) is 10.7. The number of nitrogens with zero attached hydrogens (tertiary/aromatic N) is 4. The lowest BCUT2D eigenvalue weighted by Crippen LogP contribution is -2.62. The van der Waals surface area contributed by atoms with Crippen molar-refractivity contribution < 1.29 is 9.84 Å². The van der Waals surface area contributed by atoms with Gasteiger partial charge in [-0.2, -0.15) is 5.10 Å². The Morgan fingerprint density at radius 3 is 2.82 bits per heavy atom. The van der Waals surface area contributed by atoms with E-state index >= 15 is 0 Å². The van der Waals surface area contributed by atoms with Gasteiger partial charge in [-0.1, -0.05) is 0 Å². The molecule has 0 radical (unpaired) electrons. The number of hydrogen-bond acceptors (Lipinski definition) is 6. The molecule has 120 valence electrons. The number of aliphatic hydroxyl groups excluding tert-OH is 1. The summed E-state index contributed by atoms with van der Waals surface area (Å²) < 4.78 is 5.36. The van der Waals surface area contributed by atoms with Crippen LogP contribution >= 0.6 is 0 Å². The Balaban J connectivity index is 1.38. The molecular formula is C16H24N4O2. The van der Waals surface area contributed by atoms with Crippen LogP contribution < -0.4 is 4.90 Å². The molecule has 0 aromatic carbocycles. The van der Waals surface area contributed by atoms with Gasteiger partial charge in [0.1, 0.15) is 0 Å². The lowest BCUT2D eigenvalue weighted by atomic mass is 9.96. The zero-order valence-electron chi connectivity index (χ0n) is 13.1. The van der Waals surface area contributed by atoms with Gasteiger partial charge < -0.3 is 14.7 Å². The molecule has 6 nitrogen and oxygen atoms in total. The van der Waals surface area contributed by atoms with Crippen LogP contribution in [0.4, 0.5) is 5.82 Å². The molecule has 6 heteroatoms. The molecule has 1 aliphatic carbocycles. The van der Waals surface area contributed by atoms with Gasteiger partial charge in [0.15, 0.2) is 5.82 Å². The van der Waals surface area contributed by atoms with Crippen molar-refractivity contribution in [3.05, 3.63) is 17.3 Å². The highest BCUT2D eigenvalue weighted by molar-refractivity contribution is 5.45. The minimum Gasteiger partial charge on any atom is -0.389 e. The fourth-order valence-corrected chi connectivity index (χ4v) is 3.72. The van der Waals surface area contributed by atoms with Crippen LogP contribution in [0.15, 0.2) is 6.07 Å². The summed E-state index contributed by atoms with van der Waals surface area (Å²) in [6, 6.07) is 2.81. The van der Waals surface area contributed by atoms with Crippen molar-refractivity contribution >= 4 is 5.82 Å². The van der Waals surface area contributed by atoms with Crippen LogP contribution in [0.1, 0.15) is 24.1 Å². The summed E-state index contributed by atoms with van der Waals surface area (Å²) in [5, 5.41) is 18.8. The Morgan fingerprint density at radius 1 is 1.23 bits per heavy atom. The third kappa shape index (κ3) is 2.49. The molecule has 1 aromatic heterocycles. The van der Waals surface area contributed by atoms with E-state index < -0.39 is 0 Å². The van der Waals surface area contributed by atoms with Crippen molar-refractivity contribution in [2.24, 2.45) is 0 Å². The van der Waals surface area contributed by atoms with Crippen LogP contribution in [-0.2, 0) is 17.6 Å². The van der Waals surface area contributed by atoms with Crippen molar-refractivity contribution in [1.82, 2.24) is 15.1 Å². The van der Waals surface area contributed by atoms with E-state index in [4.69, 9.17) is 4.74 Å². The first-order valence-electron chi connectivity index (χ1n) is 8.30. The summed E-state index contributed by atoms with van der Waals surface area (Å²) in [6.07, 6.45) is 4.36. The van der Waals surface area contributed by atoms with Gasteiger partial charge in [-0.05, 0) is 44.4 Å². The monoisotopic (exact) mass is 304 g/mol. The molecule has 4 rings (SSSR count). The van der Waals surface area contributed by atoms with Crippen LogP contribution in [0, 0.1) is 0 Å². The topological polar surface area (TPSA) is 61.7 Å². The third-order valence-corrected chi connectivity index (χ3v) is 5.36. The Morgan fingerprint density at radius 2 is 2.05 bits per heavy atom. The van der Waals surface area contributed by atoms with Gasteiger partial charge in [-0.3, -0.25) is 4.90 Å². The Labute approximate surface area is 131 Å². The van der Waals surface area contributed by atoms with E-state index in [0.717, 1.165) is 31.7 Å². The van der Waals surface area contributed by atoms with Gasteiger partial charge in [-0.15, -0.1) is 5.10 Å². The summed E-state index contributed by atoms with van der Waals surface area (Å²) in [5.74, 6) is 1.01. The van der Waals surface area contributed by atoms with E-state index in [0.29, 0.717) is 19.3 Å². The van der Waals surface area contributed by atoms with Gasteiger partial charge >= 0.3 is 0 Å². The normalized spacial score (nSPS) is 28.8. The fraction of sp³-hybridized carbons (Fsp3) is 0.750. The number of aliphatic hydroxyl groups is 1. The van der Waals surface area contributed by atoms with Crippen molar-refractivity contribution in [3.8, 4) is 0 Å². The molecule has 2 atom stereocenters. The van der Waals surface area contributed by atoms with Gasteiger partial charge in [0.25, 0.3) is 0 Å². The zero-order valence-corrected chi connectivity index (χ0v) is 13.1. The molecule has 0 spiro atoms. The van der Waals surface area contributed by atoms with E-state index in [9.17, 15) is 5.11 Å². The summed E-state index contributed by atoms with van der Waals surface area (Å²) >= 11 is 0. The quantitative estimate of drug-likeness (QED) is 0.863. The lowest BCUT2D eigenvalue weighted by molar-refractivity contribution is 0.0635. The van der Waals surface area contributed by atoms with Gasteiger partial charge in [0, 0.05) is 19.1 Å². The van der Waals surface area contributed by atoms with E-state index in [-0.39, 0.29) is 12.1 Å². The number of hydrogen-bond donors (Lipinski definition) is 1. The third-order valence-electron chi connectivity index (χ3n) is 5.36. The second-order valence-corrected chi connectivity index (χ2v) is 6.78. The molecule has 2 saturated heterocycles. The number of aryl methyl sites for hydroxylation is 2. The Bertz CT molecular complexity index is 547. The Hall–Kier alpha value is -1.24. The summed E-state index contributed by atoms with van der Waals surface area (Å²) in [4.78, 5) is 4.55. The molecule has 3 heterocycles. The average Bonchev–Trinajstić information content (AvgIpc) is 2.91.